The number of nitrogen functional groups attached to an aromatic ring is 1. The minimum absolute atomic E-state index is 0.0123. The number of anilines is 2. The van der Waals surface area contributed by atoms with E-state index in [1.165, 1.54) is 4.90 Å². The SMILES string of the molecule is CN(CC(N)=O)CC(=O)Nc1cc(Cl)ccc1N. The van der Waals surface area contributed by atoms with Crippen LogP contribution in [0.15, 0.2) is 18.2 Å². The van der Waals surface area contributed by atoms with Crippen molar-refractivity contribution in [2.45, 2.75) is 0 Å². The number of carbonyl (C=O) groups excluding carboxylic acids is 2. The molecular weight excluding hydrogens is 256 g/mol. The number of hydrogen-bond acceptors (Lipinski definition) is 4. The fraction of sp³-hybridized carbons (Fsp3) is 0.273. The minimum atomic E-state index is -0.493. The molecule has 0 radical (unpaired) electrons. The third kappa shape index (κ3) is 4.60. The average Bonchev–Trinajstić information content (AvgIpc) is 2.21. The third-order valence-electron chi connectivity index (χ3n) is 2.13. The molecule has 0 saturated heterocycles. The van der Waals surface area contributed by atoms with Crippen molar-refractivity contribution in [3.05, 3.63) is 23.2 Å². The van der Waals surface area contributed by atoms with Gasteiger partial charge in [-0.3, -0.25) is 14.5 Å². The summed E-state index contributed by atoms with van der Waals surface area (Å²) >= 11 is 5.80. The van der Waals surface area contributed by atoms with E-state index in [0.29, 0.717) is 16.4 Å². The number of nitrogens with two attached hydrogens (primary N) is 2. The number of primary amides is 1. The highest BCUT2D eigenvalue weighted by molar-refractivity contribution is 6.31. The average molecular weight is 271 g/mol. The van der Waals surface area contributed by atoms with Crippen LogP contribution in [0.25, 0.3) is 0 Å². The van der Waals surface area contributed by atoms with Crippen LogP contribution in [0.2, 0.25) is 5.02 Å². The molecule has 0 spiro atoms. The molecule has 7 heteroatoms. The van der Waals surface area contributed by atoms with Crippen LogP contribution in [0.1, 0.15) is 0 Å². The molecular formula is C11H15ClN4O2. The van der Waals surface area contributed by atoms with Crippen LogP contribution in [0, 0.1) is 0 Å². The second kappa shape index (κ2) is 6.23. The van der Waals surface area contributed by atoms with E-state index in [1.807, 2.05) is 0 Å². The topological polar surface area (TPSA) is 101 Å². The number of nitrogens with zero attached hydrogens (tertiary/aromatic N) is 1. The number of likely N-dealkylation sites (N-methyl/N-ethyl adjacent to an activating group) is 1. The lowest BCUT2D eigenvalue weighted by molar-refractivity contribution is -0.120. The second-order valence-electron chi connectivity index (χ2n) is 3.92. The maximum atomic E-state index is 11.7. The molecule has 1 aromatic carbocycles. The van der Waals surface area contributed by atoms with Gasteiger partial charge in [-0.05, 0) is 25.2 Å². The second-order valence-corrected chi connectivity index (χ2v) is 4.35. The Hall–Kier alpha value is -1.79. The summed E-state index contributed by atoms with van der Waals surface area (Å²) < 4.78 is 0. The summed E-state index contributed by atoms with van der Waals surface area (Å²) in [6, 6.07) is 4.79. The number of benzene rings is 1. The predicted octanol–water partition coefficient (Wildman–Crippen LogP) is 0.278. The highest BCUT2D eigenvalue weighted by Gasteiger charge is 2.10. The Balaban J connectivity index is 2.59. The Bertz CT molecular complexity index is 464. The molecule has 0 unspecified atom stereocenters. The van der Waals surface area contributed by atoms with Crippen LogP contribution >= 0.6 is 11.6 Å². The van der Waals surface area contributed by atoms with Crippen molar-refractivity contribution in [3.63, 3.8) is 0 Å². The first-order valence-electron chi connectivity index (χ1n) is 5.20. The molecule has 0 aliphatic heterocycles. The number of nitrogens with one attached hydrogen (secondary N) is 1. The lowest BCUT2D eigenvalue weighted by Gasteiger charge is -2.15. The van der Waals surface area contributed by atoms with E-state index in [0.717, 1.165) is 0 Å². The van der Waals surface area contributed by atoms with Crippen molar-refractivity contribution in [2.24, 2.45) is 5.73 Å². The van der Waals surface area contributed by atoms with Gasteiger partial charge in [-0.15, -0.1) is 0 Å². The van der Waals surface area contributed by atoms with Gasteiger partial charge in [-0.25, -0.2) is 0 Å². The van der Waals surface area contributed by atoms with Crippen LogP contribution in [0.3, 0.4) is 0 Å². The Labute approximate surface area is 110 Å². The Morgan fingerprint density at radius 3 is 2.67 bits per heavy atom. The van der Waals surface area contributed by atoms with Crippen molar-refractivity contribution in [2.75, 3.05) is 31.2 Å². The lowest BCUT2D eigenvalue weighted by Crippen LogP contribution is -2.36. The van der Waals surface area contributed by atoms with Gasteiger partial charge in [0.2, 0.25) is 11.8 Å². The zero-order valence-corrected chi connectivity index (χ0v) is 10.7. The molecule has 98 valence electrons. The molecule has 0 fully saturated rings. The van der Waals surface area contributed by atoms with E-state index in [-0.39, 0.29) is 19.0 Å². The molecule has 0 atom stereocenters. The van der Waals surface area contributed by atoms with Crippen molar-refractivity contribution in [1.82, 2.24) is 4.90 Å². The molecule has 0 aliphatic carbocycles. The molecule has 1 rings (SSSR count). The smallest absolute Gasteiger partial charge is 0.238 e. The first kappa shape index (κ1) is 14.3. The summed E-state index contributed by atoms with van der Waals surface area (Å²) in [4.78, 5) is 23.8. The van der Waals surface area contributed by atoms with E-state index in [9.17, 15) is 9.59 Å². The summed E-state index contributed by atoms with van der Waals surface area (Å²) in [5.74, 6) is -0.791. The monoisotopic (exact) mass is 270 g/mol. The van der Waals surface area contributed by atoms with E-state index in [2.05, 4.69) is 5.32 Å². The van der Waals surface area contributed by atoms with Crippen LogP contribution in [-0.4, -0.2) is 36.9 Å². The van der Waals surface area contributed by atoms with Crippen molar-refractivity contribution in [1.29, 1.82) is 0 Å². The number of halogens is 1. The first-order valence-corrected chi connectivity index (χ1v) is 5.58. The predicted molar refractivity (Wildman–Crippen MR) is 71.2 cm³/mol. The normalized spacial score (nSPS) is 10.4. The van der Waals surface area contributed by atoms with Crippen LogP contribution in [0.5, 0.6) is 0 Å². The molecule has 5 N–H and O–H groups in total. The summed E-state index contributed by atoms with van der Waals surface area (Å²) in [6.45, 7) is 0.0489. The fourth-order valence-electron chi connectivity index (χ4n) is 1.39. The first-order chi connectivity index (χ1) is 8.38. The van der Waals surface area contributed by atoms with E-state index in [4.69, 9.17) is 23.1 Å². The molecule has 0 saturated carbocycles. The highest BCUT2D eigenvalue weighted by Crippen LogP contribution is 2.22. The quantitative estimate of drug-likeness (QED) is 0.669. The highest BCUT2D eigenvalue weighted by atomic mass is 35.5. The summed E-state index contributed by atoms with van der Waals surface area (Å²) in [7, 11) is 1.62. The van der Waals surface area contributed by atoms with Gasteiger partial charge in [0.05, 0.1) is 24.5 Å². The van der Waals surface area contributed by atoms with Gasteiger partial charge < -0.3 is 16.8 Å². The van der Waals surface area contributed by atoms with E-state index >= 15 is 0 Å². The molecule has 0 aliphatic rings. The molecule has 1 aromatic rings. The largest absolute Gasteiger partial charge is 0.397 e. The zero-order valence-electron chi connectivity index (χ0n) is 9.94. The lowest BCUT2D eigenvalue weighted by atomic mass is 10.2. The van der Waals surface area contributed by atoms with Gasteiger partial charge in [0, 0.05) is 5.02 Å². The van der Waals surface area contributed by atoms with E-state index in [1.54, 1.807) is 25.2 Å². The number of hydrogen-bond donors (Lipinski definition) is 3. The molecule has 2 amide bonds. The van der Waals surface area contributed by atoms with Crippen molar-refractivity contribution in [3.8, 4) is 0 Å². The minimum Gasteiger partial charge on any atom is -0.397 e. The van der Waals surface area contributed by atoms with Gasteiger partial charge in [0.25, 0.3) is 0 Å². The Morgan fingerprint density at radius 2 is 2.06 bits per heavy atom. The van der Waals surface area contributed by atoms with Gasteiger partial charge in [0.1, 0.15) is 0 Å². The Morgan fingerprint density at radius 1 is 1.39 bits per heavy atom. The van der Waals surface area contributed by atoms with Gasteiger partial charge in [0.15, 0.2) is 0 Å². The number of carbonyl (C=O) groups is 2. The van der Waals surface area contributed by atoms with Crippen LogP contribution in [-0.2, 0) is 9.59 Å². The third-order valence-corrected chi connectivity index (χ3v) is 2.36. The summed E-state index contributed by atoms with van der Waals surface area (Å²) in [5, 5.41) is 3.09. The fourth-order valence-corrected chi connectivity index (χ4v) is 1.57. The van der Waals surface area contributed by atoms with E-state index < -0.39 is 5.91 Å². The zero-order chi connectivity index (χ0) is 13.7. The van der Waals surface area contributed by atoms with Crippen molar-refractivity contribution < 1.29 is 9.59 Å². The van der Waals surface area contributed by atoms with Crippen molar-refractivity contribution >= 4 is 34.8 Å². The number of rotatable bonds is 5. The maximum Gasteiger partial charge on any atom is 0.238 e. The molecule has 0 bridgehead atoms. The van der Waals surface area contributed by atoms with Gasteiger partial charge in [-0.2, -0.15) is 0 Å². The van der Waals surface area contributed by atoms with Crippen LogP contribution in [0.4, 0.5) is 11.4 Å². The summed E-state index contributed by atoms with van der Waals surface area (Å²) in [6.07, 6.45) is 0. The molecule has 18 heavy (non-hydrogen) atoms. The van der Waals surface area contributed by atoms with Crippen LogP contribution < -0.4 is 16.8 Å². The Kier molecular flexibility index (Phi) is 4.94. The molecule has 0 aromatic heterocycles. The van der Waals surface area contributed by atoms with Gasteiger partial charge in [-0.1, -0.05) is 11.6 Å². The molecule has 6 nitrogen and oxygen atoms in total. The standard InChI is InChI=1S/C11H15ClN4O2/c1-16(5-10(14)17)6-11(18)15-9-4-7(12)2-3-8(9)13/h2-4H,5-6,13H2,1H3,(H2,14,17)(H,15,18). The number of amides is 2. The summed E-state index contributed by atoms with van der Waals surface area (Å²) in [5.41, 5.74) is 11.6. The maximum absolute atomic E-state index is 11.7. The molecule has 0 heterocycles. The van der Waals surface area contributed by atoms with Gasteiger partial charge >= 0.3 is 0 Å².